The lowest BCUT2D eigenvalue weighted by Gasteiger charge is -2.08. The van der Waals surface area contributed by atoms with Crippen molar-refractivity contribution in [2.75, 3.05) is 59.5 Å². The van der Waals surface area contributed by atoms with E-state index in [1.54, 1.807) is 0 Å². The van der Waals surface area contributed by atoms with Crippen LogP contribution in [0.15, 0.2) is 147 Å². The summed E-state index contributed by atoms with van der Waals surface area (Å²) in [6, 6.07) is 26.6. The molecule has 0 radical (unpaired) electrons. The minimum absolute atomic E-state index is 0.00144. The Balaban J connectivity index is 0.000000738. The van der Waals surface area contributed by atoms with Crippen molar-refractivity contribution >= 4 is 0 Å². The topological polar surface area (TPSA) is 83.1 Å². The summed E-state index contributed by atoms with van der Waals surface area (Å²) in [5.41, 5.74) is 2.60. The van der Waals surface area contributed by atoms with E-state index in [4.69, 9.17) is 42.6 Å². The van der Waals surface area contributed by atoms with Crippen LogP contribution in [-0.4, -0.2) is 59.5 Å². The monoisotopic (exact) mass is 1860 g/mol. The molecule has 9 aromatic carbocycles. The van der Waals surface area contributed by atoms with E-state index in [0.29, 0.717) is 73.0 Å². The molecular formula is C104H130F18O9. The Kier molecular flexibility index (Phi) is 61.5. The van der Waals surface area contributed by atoms with Gasteiger partial charge in [0.1, 0.15) is 19.8 Å². The SMILES string of the molecule is C=CCOc1ccc(C)c(F)c1F.C=CCOc1ccc(C)c(F)c1F.C=CCOc1ccc(C)c(F)c1F.CCCCCCOc1ccc(C)c(F)c1F.CCCCCCOc1ccc(C)c(F)c1F.CCCCCCOc1ccc(C)c(F)c1F.CCCCCOc1ccc(C)c(F)c1F.CCCCCOc1ccc(C)c(F)c1F.CCCCOc1ccc(C)c(F)c1F. The molecule has 9 rings (SSSR count). The molecule has 0 heterocycles. The Morgan fingerprint density at radius 1 is 0.168 bits per heavy atom. The molecule has 0 bridgehead atoms. The Bertz CT molecular complexity index is 4430. The van der Waals surface area contributed by atoms with Crippen LogP contribution < -0.4 is 42.6 Å². The largest absolute Gasteiger partial charge is 0.490 e. The molecule has 0 saturated heterocycles. The van der Waals surface area contributed by atoms with Gasteiger partial charge in [0, 0.05) is 0 Å². The average molecular weight is 1870 g/mol. The minimum atomic E-state index is -0.943. The van der Waals surface area contributed by atoms with Gasteiger partial charge >= 0.3 is 0 Å². The van der Waals surface area contributed by atoms with Crippen molar-refractivity contribution in [3.63, 3.8) is 0 Å². The summed E-state index contributed by atoms with van der Waals surface area (Å²) in [6.45, 7) is 39.5. The molecular weight excluding hydrogens is 1740 g/mol. The molecule has 0 spiro atoms. The third kappa shape index (κ3) is 44.3. The van der Waals surface area contributed by atoms with Gasteiger partial charge in [-0.1, -0.05) is 224 Å². The highest BCUT2D eigenvalue weighted by Crippen LogP contribution is 2.31. The molecule has 0 N–H and O–H groups in total. The first kappa shape index (κ1) is 118. The highest BCUT2D eigenvalue weighted by atomic mass is 19.2. The summed E-state index contributed by atoms with van der Waals surface area (Å²) in [4.78, 5) is 0. The maximum Gasteiger partial charge on any atom is 0.200 e. The smallest absolute Gasteiger partial charge is 0.200 e. The van der Waals surface area contributed by atoms with Crippen molar-refractivity contribution in [2.45, 2.75) is 232 Å². The average Bonchev–Trinajstić information content (AvgIpc) is 0.927. The zero-order chi connectivity index (χ0) is 98.5. The summed E-state index contributed by atoms with van der Waals surface area (Å²) < 4.78 is 282. The fraction of sp³-hybridized carbons (Fsp3) is 0.423. The Morgan fingerprint density at radius 2 is 0.290 bits per heavy atom. The number of hydrogen-bond acceptors (Lipinski definition) is 9. The highest BCUT2D eigenvalue weighted by molar-refractivity contribution is 5.37. The maximum atomic E-state index is 13.3. The first-order chi connectivity index (χ1) is 62.5. The van der Waals surface area contributed by atoms with E-state index >= 15 is 0 Å². The van der Waals surface area contributed by atoms with E-state index < -0.39 is 105 Å². The molecule has 726 valence electrons. The van der Waals surface area contributed by atoms with Crippen molar-refractivity contribution in [1.29, 1.82) is 0 Å². The quantitative estimate of drug-likeness (QED) is 0.0211. The predicted molar refractivity (Wildman–Crippen MR) is 486 cm³/mol. The highest BCUT2D eigenvalue weighted by Gasteiger charge is 2.20. The van der Waals surface area contributed by atoms with Gasteiger partial charge in [-0.05, 0) is 206 Å². The zero-order valence-electron chi connectivity index (χ0n) is 78.2. The van der Waals surface area contributed by atoms with E-state index in [9.17, 15) is 79.0 Å². The third-order valence-electron chi connectivity index (χ3n) is 18.8. The molecule has 0 fully saturated rings. The summed E-state index contributed by atoms with van der Waals surface area (Å²) in [7, 11) is 0. The fourth-order valence-corrected chi connectivity index (χ4v) is 10.6. The van der Waals surface area contributed by atoms with Gasteiger partial charge in [0.25, 0.3) is 0 Å². The normalized spacial score (nSPS) is 10.2. The van der Waals surface area contributed by atoms with Crippen molar-refractivity contribution in [3.05, 3.63) is 302 Å². The third-order valence-corrected chi connectivity index (χ3v) is 18.8. The van der Waals surface area contributed by atoms with Gasteiger partial charge in [-0.2, -0.15) is 39.5 Å². The molecule has 0 unspecified atom stereocenters. The van der Waals surface area contributed by atoms with Crippen LogP contribution in [0.2, 0.25) is 0 Å². The van der Waals surface area contributed by atoms with E-state index in [1.807, 2.05) is 6.92 Å². The second kappa shape index (κ2) is 68.2. The number of aryl methyl sites for hydroxylation is 9. The predicted octanol–water partition coefficient (Wildman–Crippen LogP) is 32.3. The summed E-state index contributed by atoms with van der Waals surface area (Å²) in [6.07, 6.45) is 24.9. The Hall–Kier alpha value is -10.9. The first-order valence-corrected chi connectivity index (χ1v) is 44.0. The van der Waals surface area contributed by atoms with E-state index in [-0.39, 0.29) is 88.3 Å². The van der Waals surface area contributed by atoms with E-state index in [0.717, 1.165) is 128 Å². The van der Waals surface area contributed by atoms with Gasteiger partial charge in [0.15, 0.2) is 104 Å². The number of benzene rings is 9. The lowest BCUT2D eigenvalue weighted by molar-refractivity contribution is 0.285. The van der Waals surface area contributed by atoms with E-state index in [2.05, 4.69) is 54.4 Å². The van der Waals surface area contributed by atoms with Gasteiger partial charge in [0.2, 0.25) is 52.4 Å². The van der Waals surface area contributed by atoms with Gasteiger partial charge < -0.3 is 42.6 Å². The van der Waals surface area contributed by atoms with Gasteiger partial charge in [-0.15, -0.1) is 0 Å². The van der Waals surface area contributed by atoms with Crippen LogP contribution in [0.3, 0.4) is 0 Å². The fourth-order valence-electron chi connectivity index (χ4n) is 10.6. The van der Waals surface area contributed by atoms with Gasteiger partial charge in [-0.25, -0.2) is 39.5 Å². The molecule has 9 aromatic rings. The standard InChI is InChI=1S/3C13H18F2O.2C12H16F2O.C11H14F2O.3C10H10F2O/c3*1-3-4-5-6-9-16-11-8-7-10(2)12(14)13(11)15;2*1-3-4-5-8-15-10-7-6-9(2)11(13)12(10)14;1-3-4-7-14-9-6-5-8(2)10(12)11(9)13;3*1-3-6-13-8-5-4-7(2)9(11)10(8)12/h3*7-8H,3-6,9H2,1-2H3;2*6-7H,3-5,8H2,1-2H3;5-6H,3-4,7H2,1-2H3;3*3-5H,1,6H2,2H3. The molecule has 0 aliphatic heterocycles. The number of rotatable bonds is 41. The second-order valence-corrected chi connectivity index (χ2v) is 29.9. The lowest BCUT2D eigenvalue weighted by Crippen LogP contribution is -2.01. The van der Waals surface area contributed by atoms with Crippen LogP contribution in [-0.2, 0) is 0 Å². The van der Waals surface area contributed by atoms with Crippen molar-refractivity contribution in [2.24, 2.45) is 0 Å². The lowest BCUT2D eigenvalue weighted by atomic mass is 10.2. The summed E-state index contributed by atoms with van der Waals surface area (Å²) >= 11 is 0. The van der Waals surface area contributed by atoms with E-state index in [1.165, 1.54) is 190 Å². The van der Waals surface area contributed by atoms with Crippen molar-refractivity contribution in [1.82, 2.24) is 0 Å². The number of hydrogen-bond donors (Lipinski definition) is 0. The second-order valence-electron chi connectivity index (χ2n) is 29.9. The molecule has 0 atom stereocenters. The molecule has 131 heavy (non-hydrogen) atoms. The van der Waals surface area contributed by atoms with Crippen LogP contribution in [0.5, 0.6) is 51.7 Å². The molecule has 0 saturated carbocycles. The molecule has 27 heteroatoms. The van der Waals surface area contributed by atoms with Crippen molar-refractivity contribution < 1.29 is 122 Å². The molecule has 0 amide bonds. The molecule has 0 aliphatic rings. The summed E-state index contributed by atoms with van der Waals surface area (Å²) in [5, 5.41) is 0. The first-order valence-electron chi connectivity index (χ1n) is 44.0. The number of unbranched alkanes of at least 4 members (excludes halogenated alkanes) is 14. The number of halogens is 18. The molecule has 0 aliphatic carbocycles. The van der Waals surface area contributed by atoms with Crippen molar-refractivity contribution in [3.8, 4) is 51.7 Å². The van der Waals surface area contributed by atoms with Crippen LogP contribution in [0.4, 0.5) is 79.0 Å². The molecule has 0 aromatic heterocycles. The maximum absolute atomic E-state index is 13.3. The van der Waals surface area contributed by atoms with Crippen LogP contribution >= 0.6 is 0 Å². The Morgan fingerprint density at radius 3 is 0.427 bits per heavy atom. The number of ether oxygens (including phenoxy) is 9. The van der Waals surface area contributed by atoms with Gasteiger partial charge in [0.05, 0.1) is 39.6 Å². The Labute approximate surface area is 763 Å². The van der Waals surface area contributed by atoms with Gasteiger partial charge in [-0.3, -0.25) is 0 Å². The molecule has 9 nitrogen and oxygen atoms in total. The zero-order valence-corrected chi connectivity index (χ0v) is 78.2. The minimum Gasteiger partial charge on any atom is -0.490 e. The summed E-state index contributed by atoms with van der Waals surface area (Å²) in [5.74, 6) is -15.8. The van der Waals surface area contributed by atoms with Crippen LogP contribution in [0, 0.1) is 167 Å². The van der Waals surface area contributed by atoms with Crippen LogP contribution in [0.25, 0.3) is 0 Å². The van der Waals surface area contributed by atoms with Crippen LogP contribution in [0.1, 0.15) is 220 Å².